The summed E-state index contributed by atoms with van der Waals surface area (Å²) in [5.74, 6) is 0.421. The van der Waals surface area contributed by atoms with Crippen molar-refractivity contribution in [3.63, 3.8) is 0 Å². The molecule has 0 saturated carbocycles. The number of aromatic nitrogens is 6. The van der Waals surface area contributed by atoms with Crippen molar-refractivity contribution in [3.8, 4) is 22.5 Å². The van der Waals surface area contributed by atoms with Crippen molar-refractivity contribution in [1.29, 1.82) is 0 Å². The van der Waals surface area contributed by atoms with Gasteiger partial charge in [-0.2, -0.15) is 5.21 Å². The van der Waals surface area contributed by atoms with E-state index >= 15 is 0 Å². The second-order valence-corrected chi connectivity index (χ2v) is 8.97. The number of nitrogens with zero attached hydrogens (tertiary/aromatic N) is 5. The zero-order valence-corrected chi connectivity index (χ0v) is 26.8. The molecule has 1 atom stereocenters. The number of esters is 1. The molecule has 0 aliphatic rings. The number of aromatic amines is 1. The topological polar surface area (TPSA) is 134 Å². The van der Waals surface area contributed by atoms with E-state index in [4.69, 9.17) is 25.8 Å². The van der Waals surface area contributed by atoms with Crippen molar-refractivity contribution in [1.82, 2.24) is 30.2 Å². The summed E-state index contributed by atoms with van der Waals surface area (Å²) >= 11 is 6.42. The molecule has 2 aromatic heterocycles. The predicted molar refractivity (Wildman–Crippen MR) is 143 cm³/mol. The number of hydrogen-bond acceptors (Lipinski definition) is 9. The van der Waals surface area contributed by atoms with E-state index in [0.717, 1.165) is 35.1 Å². The molecule has 0 fully saturated rings. The van der Waals surface area contributed by atoms with Gasteiger partial charge < -0.3 is 18.8 Å². The number of H-pyrrole nitrogens is 1. The summed E-state index contributed by atoms with van der Waals surface area (Å²) in [7, 11) is 0. The minimum Gasteiger partial charge on any atom is -0.435 e. The van der Waals surface area contributed by atoms with Gasteiger partial charge in [0, 0.05) is 25.5 Å². The maximum Gasteiger partial charge on any atom is 1.00 e. The average Bonchev–Trinajstić information content (AvgIpc) is 3.56. The zero-order chi connectivity index (χ0) is 27.8. The van der Waals surface area contributed by atoms with Gasteiger partial charge in [0.1, 0.15) is 5.82 Å². The molecular formula is C27H29ClKN6O5+. The molecule has 2 heterocycles. The largest absolute Gasteiger partial charge is 1.00 e. The Morgan fingerprint density at radius 3 is 2.42 bits per heavy atom. The number of carbonyl (C=O) groups is 2. The number of carbonyl (C=O) groups excluding carboxylic acids is 2. The van der Waals surface area contributed by atoms with Gasteiger partial charge in [-0.05, 0) is 35.2 Å². The van der Waals surface area contributed by atoms with E-state index in [-0.39, 0.29) is 68.8 Å². The molecule has 0 aliphatic carbocycles. The number of imidazole rings is 1. The van der Waals surface area contributed by atoms with Gasteiger partial charge in [-0.15, -0.1) is 10.2 Å². The summed E-state index contributed by atoms with van der Waals surface area (Å²) in [5.41, 5.74) is 3.80. The fourth-order valence-corrected chi connectivity index (χ4v) is 4.33. The smallest absolute Gasteiger partial charge is 0.435 e. The minimum absolute atomic E-state index is 0. The van der Waals surface area contributed by atoms with Gasteiger partial charge in [0.05, 0.1) is 6.61 Å². The first kappa shape index (κ1) is 31.9. The van der Waals surface area contributed by atoms with Crippen LogP contribution in [0.3, 0.4) is 0 Å². The number of benzene rings is 2. The van der Waals surface area contributed by atoms with Gasteiger partial charge in [0.15, 0.2) is 10.8 Å². The molecular weight excluding hydrogens is 563 g/mol. The summed E-state index contributed by atoms with van der Waals surface area (Å²) in [6.45, 7) is 5.62. The van der Waals surface area contributed by atoms with Crippen molar-refractivity contribution in [3.05, 3.63) is 70.8 Å². The van der Waals surface area contributed by atoms with Crippen molar-refractivity contribution in [2.24, 2.45) is 0 Å². The fraction of sp³-hybridized carbons (Fsp3) is 0.333. The van der Waals surface area contributed by atoms with Gasteiger partial charge >= 0.3 is 63.5 Å². The number of halogens is 1. The van der Waals surface area contributed by atoms with Crippen LogP contribution in [-0.4, -0.2) is 55.2 Å². The Bertz CT molecular complexity index is 1410. The third-order valence-electron chi connectivity index (χ3n) is 5.87. The molecule has 40 heavy (non-hydrogen) atoms. The molecule has 0 bridgehead atoms. The molecule has 1 N–H and O–H groups in total. The van der Waals surface area contributed by atoms with E-state index in [2.05, 4.69) is 32.5 Å². The number of hydrogen-bond donors (Lipinski definition) is 1. The van der Waals surface area contributed by atoms with Crippen molar-refractivity contribution >= 4 is 23.7 Å². The molecule has 4 aromatic rings. The second-order valence-electron chi connectivity index (χ2n) is 8.61. The molecule has 1 unspecified atom stereocenters. The molecule has 2 aromatic carbocycles. The SMILES string of the molecule is CCCCc1nc(Cl)c(C(=O)OC(C)OC(=O)OCC)n1Cc1ccc(-c2ccccc2-c2nn[nH]n2)cc1.[K+]. The van der Waals surface area contributed by atoms with Crippen LogP contribution in [0.15, 0.2) is 48.5 Å². The summed E-state index contributed by atoms with van der Waals surface area (Å²) < 4.78 is 16.8. The van der Waals surface area contributed by atoms with Crippen LogP contribution in [0.5, 0.6) is 0 Å². The van der Waals surface area contributed by atoms with Gasteiger partial charge in [-0.1, -0.05) is 73.5 Å². The first-order valence-electron chi connectivity index (χ1n) is 12.6. The van der Waals surface area contributed by atoms with Crippen molar-refractivity contribution < 1.29 is 75.2 Å². The third kappa shape index (κ3) is 7.99. The van der Waals surface area contributed by atoms with Gasteiger partial charge in [-0.3, -0.25) is 0 Å². The molecule has 0 amide bonds. The average molecular weight is 592 g/mol. The van der Waals surface area contributed by atoms with E-state index in [1.807, 2.05) is 48.5 Å². The number of unbranched alkanes of at least 4 members (excludes halogenated alkanes) is 1. The maximum absolute atomic E-state index is 13.1. The summed E-state index contributed by atoms with van der Waals surface area (Å²) in [6.07, 6.45) is 0.351. The standard InChI is InChI=1S/C27H29ClN6O5.K/c1-4-6-11-22-29-24(28)23(26(35)38-17(3)39-27(36)37-5-2)34(22)16-18-12-14-19(15-13-18)20-9-7-8-10-21(20)25-30-32-33-31-25;/h7-10,12-15,17H,4-6,11,16H2,1-3H3,(H,30,31,32,33);/q;+1. The zero-order valence-electron chi connectivity index (χ0n) is 22.9. The van der Waals surface area contributed by atoms with Crippen LogP contribution in [0, 0.1) is 0 Å². The van der Waals surface area contributed by atoms with Crippen LogP contribution >= 0.6 is 11.6 Å². The van der Waals surface area contributed by atoms with Crippen molar-refractivity contribution in [2.75, 3.05) is 6.61 Å². The van der Waals surface area contributed by atoms with Gasteiger partial charge in [0.2, 0.25) is 12.1 Å². The van der Waals surface area contributed by atoms with Crippen molar-refractivity contribution in [2.45, 2.75) is 52.9 Å². The number of ether oxygens (including phenoxy) is 3. The van der Waals surface area contributed by atoms with Crippen LogP contribution in [0.4, 0.5) is 4.79 Å². The number of aryl methyl sites for hydroxylation is 1. The molecule has 0 aliphatic heterocycles. The Hall–Kier alpha value is -2.61. The first-order valence-corrected chi connectivity index (χ1v) is 13.0. The van der Waals surface area contributed by atoms with Crippen LogP contribution in [0.1, 0.15) is 55.5 Å². The van der Waals surface area contributed by atoms with Crippen LogP contribution in [0.2, 0.25) is 5.15 Å². The fourth-order valence-electron chi connectivity index (χ4n) is 4.05. The number of rotatable bonds is 11. The normalized spacial score (nSPS) is 11.4. The Morgan fingerprint density at radius 2 is 1.77 bits per heavy atom. The Labute approximate surface area is 279 Å². The van der Waals surface area contributed by atoms with Gasteiger partial charge in [-0.25, -0.2) is 14.6 Å². The summed E-state index contributed by atoms with van der Waals surface area (Å²) in [5, 5.41) is 14.4. The monoisotopic (exact) mass is 591 g/mol. The number of tetrazole rings is 1. The Morgan fingerprint density at radius 1 is 1.05 bits per heavy atom. The Kier molecular flexibility index (Phi) is 12.3. The molecule has 4 rings (SSSR count). The number of nitrogens with one attached hydrogen (secondary N) is 1. The van der Waals surface area contributed by atoms with Crippen LogP contribution < -0.4 is 51.4 Å². The Balaban J connectivity index is 0.00000441. The second kappa shape index (κ2) is 15.4. The molecule has 0 spiro atoms. The maximum atomic E-state index is 13.1. The minimum atomic E-state index is -1.17. The van der Waals surface area contributed by atoms with Gasteiger partial charge in [0.25, 0.3) is 0 Å². The van der Waals surface area contributed by atoms with E-state index in [9.17, 15) is 9.59 Å². The quantitative estimate of drug-likeness (QED) is 0.158. The molecule has 11 nitrogen and oxygen atoms in total. The molecule has 0 saturated heterocycles. The third-order valence-corrected chi connectivity index (χ3v) is 6.13. The molecule has 204 valence electrons. The predicted octanol–water partition coefficient (Wildman–Crippen LogP) is 2.45. The van der Waals surface area contributed by atoms with Crippen LogP contribution in [-0.2, 0) is 27.2 Å². The van der Waals surface area contributed by atoms with Crippen LogP contribution in [0.25, 0.3) is 22.5 Å². The molecule has 0 radical (unpaired) electrons. The summed E-state index contributed by atoms with van der Waals surface area (Å²) in [6, 6.07) is 15.7. The van der Waals surface area contributed by atoms with E-state index in [1.54, 1.807) is 11.5 Å². The summed E-state index contributed by atoms with van der Waals surface area (Å²) in [4.78, 5) is 29.1. The van der Waals surface area contributed by atoms with E-state index in [1.165, 1.54) is 6.92 Å². The first-order chi connectivity index (χ1) is 18.9. The van der Waals surface area contributed by atoms with E-state index in [0.29, 0.717) is 24.6 Å². The van der Waals surface area contributed by atoms with E-state index < -0.39 is 18.4 Å². The molecule has 13 heteroatoms.